The van der Waals surface area contributed by atoms with Crippen molar-refractivity contribution < 1.29 is 0 Å². The highest BCUT2D eigenvalue weighted by Crippen LogP contribution is 2.24. The molecule has 0 saturated heterocycles. The van der Waals surface area contributed by atoms with Crippen LogP contribution in [0.4, 0.5) is 0 Å². The Morgan fingerprint density at radius 2 is 2.11 bits per heavy atom. The molecule has 0 amide bonds. The standard InChI is InChI=1S/C11H9Cl2N3OS/c1-6-4-10(17)16-11(14-6)18-5-8-7(12)2-3-9(13)15-8/h2-4H,5H2,1H3,(H,14,16,17). The summed E-state index contributed by atoms with van der Waals surface area (Å²) >= 11 is 13.1. The Bertz CT molecular complexity index is 630. The average molecular weight is 302 g/mol. The summed E-state index contributed by atoms with van der Waals surface area (Å²) in [5.74, 6) is 0.492. The first-order chi connectivity index (χ1) is 8.54. The Morgan fingerprint density at radius 3 is 2.83 bits per heavy atom. The SMILES string of the molecule is Cc1cc(=O)[nH]c(SCc2nc(Cl)ccc2Cl)n1. The van der Waals surface area contributed by atoms with E-state index >= 15 is 0 Å². The molecule has 0 aliphatic heterocycles. The summed E-state index contributed by atoms with van der Waals surface area (Å²) < 4.78 is 0. The molecule has 7 heteroatoms. The molecule has 0 unspecified atom stereocenters. The monoisotopic (exact) mass is 301 g/mol. The minimum Gasteiger partial charge on any atom is -0.301 e. The van der Waals surface area contributed by atoms with Crippen LogP contribution < -0.4 is 5.56 Å². The van der Waals surface area contributed by atoms with Crippen molar-refractivity contribution in [3.63, 3.8) is 0 Å². The lowest BCUT2D eigenvalue weighted by Gasteiger charge is -2.03. The van der Waals surface area contributed by atoms with Crippen LogP contribution in [0, 0.1) is 6.92 Å². The number of aromatic nitrogens is 3. The van der Waals surface area contributed by atoms with Gasteiger partial charge in [-0.2, -0.15) is 0 Å². The van der Waals surface area contributed by atoms with Gasteiger partial charge >= 0.3 is 0 Å². The van der Waals surface area contributed by atoms with Gasteiger partial charge in [-0.1, -0.05) is 35.0 Å². The number of nitrogens with one attached hydrogen (secondary N) is 1. The largest absolute Gasteiger partial charge is 0.301 e. The lowest BCUT2D eigenvalue weighted by Crippen LogP contribution is -2.08. The number of aromatic amines is 1. The van der Waals surface area contributed by atoms with Gasteiger partial charge in [0.05, 0.1) is 10.7 Å². The molecular formula is C11H9Cl2N3OS. The van der Waals surface area contributed by atoms with Crippen LogP contribution in [0.15, 0.2) is 28.2 Å². The molecule has 0 atom stereocenters. The zero-order valence-corrected chi connectivity index (χ0v) is 11.7. The van der Waals surface area contributed by atoms with Gasteiger partial charge in [-0.25, -0.2) is 9.97 Å². The van der Waals surface area contributed by atoms with E-state index in [-0.39, 0.29) is 5.56 Å². The van der Waals surface area contributed by atoms with Gasteiger partial charge in [0.2, 0.25) is 0 Å². The van der Waals surface area contributed by atoms with Crippen LogP contribution in [0.25, 0.3) is 0 Å². The maximum Gasteiger partial charge on any atom is 0.251 e. The Morgan fingerprint density at radius 1 is 1.33 bits per heavy atom. The molecule has 0 saturated carbocycles. The van der Waals surface area contributed by atoms with Crippen LogP contribution in [0.3, 0.4) is 0 Å². The quantitative estimate of drug-likeness (QED) is 0.538. The lowest BCUT2D eigenvalue weighted by molar-refractivity contribution is 0.904. The zero-order valence-electron chi connectivity index (χ0n) is 9.41. The number of H-pyrrole nitrogens is 1. The van der Waals surface area contributed by atoms with Gasteiger partial charge in [-0.05, 0) is 19.1 Å². The fourth-order valence-corrected chi connectivity index (χ4v) is 2.61. The molecule has 4 nitrogen and oxygen atoms in total. The maximum absolute atomic E-state index is 11.3. The van der Waals surface area contributed by atoms with Crippen LogP contribution in [0.1, 0.15) is 11.4 Å². The molecule has 0 bridgehead atoms. The summed E-state index contributed by atoms with van der Waals surface area (Å²) in [7, 11) is 0. The smallest absolute Gasteiger partial charge is 0.251 e. The molecule has 2 rings (SSSR count). The number of thioether (sulfide) groups is 1. The molecule has 2 aromatic rings. The highest BCUT2D eigenvalue weighted by molar-refractivity contribution is 7.98. The third kappa shape index (κ3) is 3.48. The number of hydrogen-bond acceptors (Lipinski definition) is 4. The molecule has 0 aliphatic rings. The molecule has 94 valence electrons. The fourth-order valence-electron chi connectivity index (χ4n) is 1.32. The number of pyridine rings is 1. The van der Waals surface area contributed by atoms with E-state index in [1.807, 2.05) is 0 Å². The Labute approximate surface area is 118 Å². The Balaban J connectivity index is 2.16. The number of nitrogens with zero attached hydrogens (tertiary/aromatic N) is 2. The first kappa shape index (κ1) is 13.4. The Kier molecular flexibility index (Phi) is 4.27. The van der Waals surface area contributed by atoms with Crippen LogP contribution in [0.5, 0.6) is 0 Å². The van der Waals surface area contributed by atoms with Crippen molar-refractivity contribution in [3.05, 3.63) is 50.1 Å². The molecule has 0 radical (unpaired) electrons. The number of aryl methyl sites for hydroxylation is 1. The molecule has 0 fully saturated rings. The molecule has 0 spiro atoms. The summed E-state index contributed by atoms with van der Waals surface area (Å²) in [6.45, 7) is 1.77. The van der Waals surface area contributed by atoms with Crippen LogP contribution in [-0.2, 0) is 5.75 Å². The van der Waals surface area contributed by atoms with E-state index in [0.29, 0.717) is 32.5 Å². The number of hydrogen-bond donors (Lipinski definition) is 1. The molecule has 0 aliphatic carbocycles. The van der Waals surface area contributed by atoms with E-state index in [9.17, 15) is 4.79 Å². The first-order valence-corrected chi connectivity index (χ1v) is 6.80. The molecule has 18 heavy (non-hydrogen) atoms. The average Bonchev–Trinajstić information content (AvgIpc) is 2.29. The van der Waals surface area contributed by atoms with E-state index in [1.165, 1.54) is 17.8 Å². The van der Waals surface area contributed by atoms with Gasteiger partial charge < -0.3 is 4.98 Å². The minimum atomic E-state index is -0.171. The maximum atomic E-state index is 11.3. The van der Waals surface area contributed by atoms with Crippen molar-refractivity contribution in [2.24, 2.45) is 0 Å². The number of halogens is 2. The highest BCUT2D eigenvalue weighted by atomic mass is 35.5. The summed E-state index contributed by atoms with van der Waals surface area (Å²) in [4.78, 5) is 22.2. The van der Waals surface area contributed by atoms with E-state index in [0.717, 1.165) is 0 Å². The van der Waals surface area contributed by atoms with Crippen LogP contribution in [-0.4, -0.2) is 15.0 Å². The summed E-state index contributed by atoms with van der Waals surface area (Å²) in [5, 5.41) is 1.47. The third-order valence-corrected chi connectivity index (χ3v) is 3.52. The van der Waals surface area contributed by atoms with Gasteiger partial charge in [-0.15, -0.1) is 0 Å². The van der Waals surface area contributed by atoms with Crippen molar-refractivity contribution in [1.82, 2.24) is 15.0 Å². The molecular weight excluding hydrogens is 293 g/mol. The normalized spacial score (nSPS) is 10.6. The second kappa shape index (κ2) is 5.73. The van der Waals surface area contributed by atoms with Gasteiger partial charge in [0.25, 0.3) is 5.56 Å². The molecule has 2 aromatic heterocycles. The van der Waals surface area contributed by atoms with Crippen molar-refractivity contribution >= 4 is 35.0 Å². The summed E-state index contributed by atoms with van der Waals surface area (Å²) in [5.41, 5.74) is 1.17. The molecule has 1 N–H and O–H groups in total. The first-order valence-electron chi connectivity index (χ1n) is 5.06. The predicted octanol–water partition coefficient (Wildman–Crippen LogP) is 3.07. The van der Waals surface area contributed by atoms with Crippen molar-refractivity contribution in [2.45, 2.75) is 17.8 Å². The van der Waals surface area contributed by atoms with Gasteiger partial charge in [0, 0.05) is 17.5 Å². The fraction of sp³-hybridized carbons (Fsp3) is 0.182. The van der Waals surface area contributed by atoms with Crippen molar-refractivity contribution in [1.29, 1.82) is 0 Å². The van der Waals surface area contributed by atoms with E-state index in [1.54, 1.807) is 19.1 Å². The van der Waals surface area contributed by atoms with E-state index in [2.05, 4.69) is 15.0 Å². The predicted molar refractivity (Wildman–Crippen MR) is 73.4 cm³/mol. The van der Waals surface area contributed by atoms with Crippen molar-refractivity contribution in [2.75, 3.05) is 0 Å². The molecule has 0 aromatic carbocycles. The zero-order chi connectivity index (χ0) is 13.1. The second-order valence-corrected chi connectivity index (χ2v) is 5.30. The molecule has 2 heterocycles. The highest BCUT2D eigenvalue weighted by Gasteiger charge is 2.06. The third-order valence-electron chi connectivity index (χ3n) is 2.08. The van der Waals surface area contributed by atoms with Crippen LogP contribution in [0.2, 0.25) is 10.2 Å². The minimum absolute atomic E-state index is 0.171. The van der Waals surface area contributed by atoms with Crippen molar-refractivity contribution in [3.8, 4) is 0 Å². The lowest BCUT2D eigenvalue weighted by atomic mass is 10.4. The second-order valence-electron chi connectivity index (χ2n) is 3.54. The Hall–Kier alpha value is -1.04. The van der Waals surface area contributed by atoms with Gasteiger partial charge in [0.15, 0.2) is 5.16 Å². The van der Waals surface area contributed by atoms with E-state index < -0.39 is 0 Å². The summed E-state index contributed by atoms with van der Waals surface area (Å²) in [6, 6.07) is 4.76. The van der Waals surface area contributed by atoms with Crippen LogP contribution >= 0.6 is 35.0 Å². The van der Waals surface area contributed by atoms with E-state index in [4.69, 9.17) is 23.2 Å². The van der Waals surface area contributed by atoms with Gasteiger partial charge in [0.1, 0.15) is 5.15 Å². The topological polar surface area (TPSA) is 58.6 Å². The summed E-state index contributed by atoms with van der Waals surface area (Å²) in [6.07, 6.45) is 0. The van der Waals surface area contributed by atoms with Gasteiger partial charge in [-0.3, -0.25) is 4.79 Å². The number of rotatable bonds is 3.